The number of rotatable bonds is 4. The molecule has 0 aliphatic heterocycles. The molecule has 2 aromatic heterocycles. The Morgan fingerprint density at radius 2 is 2.24 bits per heavy atom. The Kier molecular flexibility index (Phi) is 4.34. The van der Waals surface area contributed by atoms with Gasteiger partial charge in [-0.25, -0.2) is 9.78 Å². The van der Waals surface area contributed by atoms with Gasteiger partial charge in [0.05, 0.1) is 6.61 Å². The third-order valence-electron chi connectivity index (χ3n) is 3.71. The Labute approximate surface area is 127 Å². The molecule has 0 spiro atoms. The van der Waals surface area contributed by atoms with Crippen LogP contribution in [-0.4, -0.2) is 22.5 Å². The molecule has 21 heavy (non-hydrogen) atoms. The van der Waals surface area contributed by atoms with Crippen LogP contribution in [0.5, 0.6) is 0 Å². The Balaban J connectivity index is 1.96. The molecule has 0 unspecified atom stereocenters. The summed E-state index contributed by atoms with van der Waals surface area (Å²) in [6, 6.07) is 0. The van der Waals surface area contributed by atoms with E-state index in [1.807, 2.05) is 5.38 Å². The standard InChI is InChI=1S/C15H18N2O3S/c1-2-19-15(18)11-12(10-6-4-3-5-7-10)20-13(17-11)14-16-8-9-21-14/h8-10H,2-7H2,1H3. The van der Waals surface area contributed by atoms with Crippen LogP contribution >= 0.6 is 11.3 Å². The predicted octanol–water partition coefficient (Wildman–Crippen LogP) is 4.02. The maximum atomic E-state index is 12.1. The smallest absolute Gasteiger partial charge is 0.360 e. The van der Waals surface area contributed by atoms with Gasteiger partial charge in [-0.15, -0.1) is 11.3 Å². The van der Waals surface area contributed by atoms with Crippen LogP contribution in [0.1, 0.15) is 61.2 Å². The zero-order valence-electron chi connectivity index (χ0n) is 12.0. The van der Waals surface area contributed by atoms with Crippen molar-refractivity contribution in [1.29, 1.82) is 0 Å². The summed E-state index contributed by atoms with van der Waals surface area (Å²) in [5.41, 5.74) is 0.328. The van der Waals surface area contributed by atoms with Crippen LogP contribution in [-0.2, 0) is 4.74 Å². The first-order valence-corrected chi connectivity index (χ1v) is 8.25. The molecule has 0 saturated heterocycles. The lowest BCUT2D eigenvalue weighted by Crippen LogP contribution is -2.12. The number of hydrogen-bond donors (Lipinski definition) is 0. The van der Waals surface area contributed by atoms with E-state index in [4.69, 9.17) is 9.15 Å². The lowest BCUT2D eigenvalue weighted by molar-refractivity contribution is 0.0516. The molecular formula is C15H18N2O3S. The molecule has 1 saturated carbocycles. The molecular weight excluding hydrogens is 288 g/mol. The van der Waals surface area contributed by atoms with E-state index in [0.717, 1.165) is 12.8 Å². The van der Waals surface area contributed by atoms with E-state index < -0.39 is 5.97 Å². The van der Waals surface area contributed by atoms with E-state index in [1.165, 1.54) is 30.6 Å². The normalized spacial score (nSPS) is 16.0. The number of ether oxygens (including phenoxy) is 1. The predicted molar refractivity (Wildman–Crippen MR) is 79.4 cm³/mol. The molecule has 3 rings (SSSR count). The van der Waals surface area contributed by atoms with E-state index in [2.05, 4.69) is 9.97 Å². The van der Waals surface area contributed by atoms with Crippen LogP contribution in [0.3, 0.4) is 0 Å². The third-order valence-corrected chi connectivity index (χ3v) is 4.47. The van der Waals surface area contributed by atoms with Crippen LogP contribution < -0.4 is 0 Å². The Hall–Kier alpha value is -1.69. The van der Waals surface area contributed by atoms with Gasteiger partial charge < -0.3 is 9.15 Å². The molecule has 0 atom stereocenters. The second kappa shape index (κ2) is 6.39. The number of aromatic nitrogens is 2. The van der Waals surface area contributed by atoms with Crippen molar-refractivity contribution >= 4 is 17.3 Å². The van der Waals surface area contributed by atoms with Gasteiger partial charge in [-0.05, 0) is 19.8 Å². The fourth-order valence-electron chi connectivity index (χ4n) is 2.74. The molecule has 1 aliphatic carbocycles. The van der Waals surface area contributed by atoms with Crippen molar-refractivity contribution in [2.45, 2.75) is 44.9 Å². The molecule has 1 aliphatic rings. The minimum atomic E-state index is -0.398. The van der Waals surface area contributed by atoms with Crippen molar-refractivity contribution in [1.82, 2.24) is 9.97 Å². The highest BCUT2D eigenvalue weighted by molar-refractivity contribution is 7.12. The molecule has 0 amide bonds. The van der Waals surface area contributed by atoms with Crippen molar-refractivity contribution in [3.63, 3.8) is 0 Å². The van der Waals surface area contributed by atoms with Crippen LogP contribution in [0.4, 0.5) is 0 Å². The molecule has 2 heterocycles. The zero-order chi connectivity index (χ0) is 14.7. The fourth-order valence-corrected chi connectivity index (χ4v) is 3.30. The second-order valence-corrected chi connectivity index (χ2v) is 6.02. The van der Waals surface area contributed by atoms with Gasteiger partial charge in [0.25, 0.3) is 5.89 Å². The lowest BCUT2D eigenvalue weighted by atomic mass is 9.87. The molecule has 0 bridgehead atoms. The summed E-state index contributed by atoms with van der Waals surface area (Å²) in [5, 5.41) is 2.56. The number of carbonyl (C=O) groups is 1. The minimum Gasteiger partial charge on any atom is -0.461 e. The minimum absolute atomic E-state index is 0.263. The van der Waals surface area contributed by atoms with Gasteiger partial charge in [-0.3, -0.25) is 0 Å². The highest BCUT2D eigenvalue weighted by atomic mass is 32.1. The van der Waals surface area contributed by atoms with Crippen molar-refractivity contribution < 1.29 is 13.9 Å². The van der Waals surface area contributed by atoms with Crippen LogP contribution in [0.15, 0.2) is 16.0 Å². The molecule has 0 radical (unpaired) electrons. The van der Waals surface area contributed by atoms with E-state index >= 15 is 0 Å². The first-order chi connectivity index (χ1) is 10.3. The third kappa shape index (κ3) is 3.00. The highest BCUT2D eigenvalue weighted by Crippen LogP contribution is 2.37. The molecule has 112 valence electrons. The monoisotopic (exact) mass is 306 g/mol. The highest BCUT2D eigenvalue weighted by Gasteiger charge is 2.29. The van der Waals surface area contributed by atoms with E-state index in [0.29, 0.717) is 29.0 Å². The van der Waals surface area contributed by atoms with Crippen molar-refractivity contribution in [2.75, 3.05) is 6.61 Å². The average Bonchev–Trinajstić information content (AvgIpc) is 3.17. The largest absolute Gasteiger partial charge is 0.461 e. The van der Waals surface area contributed by atoms with Crippen molar-refractivity contribution in [2.24, 2.45) is 0 Å². The number of oxazole rings is 1. The Bertz CT molecular complexity index is 600. The van der Waals surface area contributed by atoms with Gasteiger partial charge >= 0.3 is 5.97 Å². The van der Waals surface area contributed by atoms with Crippen LogP contribution in [0.2, 0.25) is 0 Å². The summed E-state index contributed by atoms with van der Waals surface area (Å²) < 4.78 is 11.0. The SMILES string of the molecule is CCOC(=O)c1nc(-c2nccs2)oc1C1CCCCC1. The van der Waals surface area contributed by atoms with Gasteiger partial charge in [0.15, 0.2) is 10.7 Å². The molecule has 0 N–H and O–H groups in total. The van der Waals surface area contributed by atoms with Gasteiger partial charge in [-0.1, -0.05) is 19.3 Å². The summed E-state index contributed by atoms with van der Waals surface area (Å²) in [7, 11) is 0. The molecule has 6 heteroatoms. The summed E-state index contributed by atoms with van der Waals surface area (Å²) in [5.74, 6) is 0.968. The quantitative estimate of drug-likeness (QED) is 0.798. The summed E-state index contributed by atoms with van der Waals surface area (Å²) >= 11 is 1.45. The average molecular weight is 306 g/mol. The van der Waals surface area contributed by atoms with Gasteiger partial charge in [-0.2, -0.15) is 4.98 Å². The molecule has 2 aromatic rings. The number of carbonyl (C=O) groups excluding carboxylic acids is 1. The topological polar surface area (TPSA) is 65.2 Å². The molecule has 0 aromatic carbocycles. The van der Waals surface area contributed by atoms with Crippen molar-refractivity contribution in [3.8, 4) is 10.9 Å². The van der Waals surface area contributed by atoms with Gasteiger partial charge in [0.2, 0.25) is 0 Å². The number of hydrogen-bond acceptors (Lipinski definition) is 6. The second-order valence-electron chi connectivity index (χ2n) is 5.12. The fraction of sp³-hybridized carbons (Fsp3) is 0.533. The first kappa shape index (κ1) is 14.3. The van der Waals surface area contributed by atoms with Crippen LogP contribution in [0.25, 0.3) is 10.9 Å². The zero-order valence-corrected chi connectivity index (χ0v) is 12.8. The maximum absolute atomic E-state index is 12.1. The van der Waals surface area contributed by atoms with Crippen molar-refractivity contribution in [3.05, 3.63) is 23.0 Å². The summed E-state index contributed by atoms with van der Waals surface area (Å²) in [4.78, 5) is 20.7. The number of thiazole rings is 1. The molecule has 1 fully saturated rings. The number of nitrogens with zero attached hydrogens (tertiary/aromatic N) is 2. The van der Waals surface area contributed by atoms with Crippen LogP contribution in [0, 0.1) is 0 Å². The molecule has 5 nitrogen and oxygen atoms in total. The van der Waals surface area contributed by atoms with Gasteiger partial charge in [0.1, 0.15) is 5.76 Å². The first-order valence-electron chi connectivity index (χ1n) is 7.37. The van der Waals surface area contributed by atoms with E-state index in [1.54, 1.807) is 13.1 Å². The van der Waals surface area contributed by atoms with Gasteiger partial charge in [0, 0.05) is 17.5 Å². The van der Waals surface area contributed by atoms with E-state index in [-0.39, 0.29) is 5.92 Å². The maximum Gasteiger partial charge on any atom is 0.360 e. The summed E-state index contributed by atoms with van der Waals surface area (Å²) in [6.07, 6.45) is 7.37. The Morgan fingerprint density at radius 3 is 2.90 bits per heavy atom. The van der Waals surface area contributed by atoms with E-state index in [9.17, 15) is 4.79 Å². The summed E-state index contributed by atoms with van der Waals surface area (Å²) in [6.45, 7) is 2.13. The lowest BCUT2D eigenvalue weighted by Gasteiger charge is -2.19. The number of esters is 1. The Morgan fingerprint density at radius 1 is 1.43 bits per heavy atom.